The Labute approximate surface area is 193 Å². The van der Waals surface area contributed by atoms with Crippen molar-refractivity contribution in [2.45, 2.75) is 11.3 Å². The lowest BCUT2D eigenvalue weighted by Gasteiger charge is -2.18. The van der Waals surface area contributed by atoms with Gasteiger partial charge in [-0.3, -0.25) is 9.78 Å². The number of hydrogen-bond donors (Lipinski definition) is 2. The Hall–Kier alpha value is -3.41. The Morgan fingerprint density at radius 3 is 2.42 bits per heavy atom. The topological polar surface area (TPSA) is 134 Å². The van der Waals surface area contributed by atoms with E-state index in [1.165, 1.54) is 28.8 Å². The van der Waals surface area contributed by atoms with E-state index in [1.807, 2.05) is 19.0 Å². The molecule has 10 nitrogen and oxygen atoms in total. The maximum Gasteiger partial charge on any atom is 0.278 e. The van der Waals surface area contributed by atoms with Crippen LogP contribution in [0.25, 0.3) is 11.3 Å². The van der Waals surface area contributed by atoms with Crippen LogP contribution < -0.4 is 11.1 Å². The lowest BCUT2D eigenvalue weighted by Crippen LogP contribution is -2.29. The van der Waals surface area contributed by atoms with E-state index >= 15 is 0 Å². The molecule has 0 radical (unpaired) electrons. The summed E-state index contributed by atoms with van der Waals surface area (Å²) in [7, 11) is 1.85. The molecule has 0 saturated heterocycles. The number of nitrogens with one attached hydrogen (secondary N) is 1. The third kappa shape index (κ3) is 6.09. The Bertz CT molecular complexity index is 1200. The smallest absolute Gasteiger partial charge is 0.278 e. The maximum atomic E-state index is 12.8. The third-order valence-corrected chi connectivity index (χ3v) is 6.74. The zero-order chi connectivity index (χ0) is 24.0. The molecule has 0 atom stereocenters. The first kappa shape index (κ1) is 24.2. The Balaban J connectivity index is 1.78. The summed E-state index contributed by atoms with van der Waals surface area (Å²) < 4.78 is 27.0. The largest absolute Gasteiger partial charge is 0.382 e. The van der Waals surface area contributed by atoms with Crippen LogP contribution >= 0.6 is 0 Å². The summed E-state index contributed by atoms with van der Waals surface area (Å²) in [5.41, 5.74) is 7.32. The van der Waals surface area contributed by atoms with Gasteiger partial charge in [-0.15, -0.1) is 0 Å². The van der Waals surface area contributed by atoms with Gasteiger partial charge in [0.2, 0.25) is 10.0 Å². The van der Waals surface area contributed by atoms with E-state index in [0.29, 0.717) is 23.5 Å². The fraction of sp³-hybridized carbons (Fsp3) is 0.273. The number of pyridine rings is 1. The third-order valence-electron chi connectivity index (χ3n) is 4.87. The van der Waals surface area contributed by atoms with E-state index in [4.69, 9.17) is 5.73 Å². The summed E-state index contributed by atoms with van der Waals surface area (Å²) >= 11 is 0. The quantitative estimate of drug-likeness (QED) is 0.486. The molecule has 0 bridgehead atoms. The minimum Gasteiger partial charge on any atom is -0.382 e. The number of nitrogen functional groups attached to an aromatic ring is 1. The van der Waals surface area contributed by atoms with Gasteiger partial charge in [0.1, 0.15) is 0 Å². The number of amides is 1. The lowest BCUT2D eigenvalue weighted by atomic mass is 10.1. The van der Waals surface area contributed by atoms with Crippen molar-refractivity contribution in [1.29, 1.82) is 0 Å². The van der Waals surface area contributed by atoms with Gasteiger partial charge >= 0.3 is 0 Å². The molecule has 3 N–H and O–H groups in total. The van der Waals surface area contributed by atoms with E-state index < -0.39 is 15.9 Å². The Kier molecular flexibility index (Phi) is 7.69. The number of nitrogens with two attached hydrogens (primary N) is 1. The highest BCUT2D eigenvalue weighted by molar-refractivity contribution is 7.89. The van der Waals surface area contributed by atoms with Crippen molar-refractivity contribution in [3.05, 3.63) is 60.7 Å². The molecular formula is C22H27N7O3S. The highest BCUT2D eigenvalue weighted by atomic mass is 32.2. The van der Waals surface area contributed by atoms with Gasteiger partial charge in [0.05, 0.1) is 28.7 Å². The molecule has 0 spiro atoms. The van der Waals surface area contributed by atoms with Crippen LogP contribution in [0.15, 0.2) is 59.9 Å². The predicted molar refractivity (Wildman–Crippen MR) is 127 cm³/mol. The number of carbonyl (C=O) groups is 1. The first-order valence-corrected chi connectivity index (χ1v) is 11.7. The van der Waals surface area contributed by atoms with Crippen LogP contribution in [0.2, 0.25) is 0 Å². The number of carbonyl (C=O) groups excluding carboxylic acids is 1. The van der Waals surface area contributed by atoms with Crippen LogP contribution in [0.5, 0.6) is 0 Å². The molecule has 1 aromatic carbocycles. The van der Waals surface area contributed by atoms with E-state index in [9.17, 15) is 13.2 Å². The van der Waals surface area contributed by atoms with Crippen LogP contribution in [0.1, 0.15) is 16.9 Å². The average molecular weight is 470 g/mol. The van der Waals surface area contributed by atoms with Gasteiger partial charge in [0, 0.05) is 25.4 Å². The van der Waals surface area contributed by atoms with Gasteiger partial charge in [-0.05, 0) is 51.3 Å². The zero-order valence-electron chi connectivity index (χ0n) is 18.8. The van der Waals surface area contributed by atoms with Crippen molar-refractivity contribution in [3.63, 3.8) is 0 Å². The molecule has 3 aromatic rings. The van der Waals surface area contributed by atoms with Gasteiger partial charge in [0.15, 0.2) is 11.5 Å². The highest BCUT2D eigenvalue weighted by Crippen LogP contribution is 2.23. The van der Waals surface area contributed by atoms with E-state index in [0.717, 1.165) is 13.0 Å². The monoisotopic (exact) mass is 469 g/mol. The second-order valence-electron chi connectivity index (χ2n) is 7.69. The second kappa shape index (κ2) is 10.5. The first-order chi connectivity index (χ1) is 15.7. The molecule has 0 unspecified atom stereocenters. The molecule has 11 heteroatoms. The van der Waals surface area contributed by atoms with Crippen molar-refractivity contribution < 1.29 is 13.2 Å². The van der Waals surface area contributed by atoms with Crippen molar-refractivity contribution in [3.8, 4) is 11.3 Å². The van der Waals surface area contributed by atoms with Gasteiger partial charge in [-0.1, -0.05) is 12.1 Å². The molecule has 33 heavy (non-hydrogen) atoms. The lowest BCUT2D eigenvalue weighted by molar-refractivity contribution is 0.102. The molecule has 0 aliphatic carbocycles. The van der Waals surface area contributed by atoms with Gasteiger partial charge in [0.25, 0.3) is 5.91 Å². The minimum absolute atomic E-state index is 0.0151. The second-order valence-corrected chi connectivity index (χ2v) is 9.74. The summed E-state index contributed by atoms with van der Waals surface area (Å²) in [4.78, 5) is 27.1. The summed E-state index contributed by atoms with van der Waals surface area (Å²) in [5.74, 6) is -0.535. The number of sulfonamides is 1. The SMILES string of the molecule is CN(C)CCCN(C)S(=O)(=O)c1ccc(-c2cnc(N)c(C(=O)Nc3cccnc3)n2)cc1. The number of benzene rings is 1. The number of rotatable bonds is 9. The van der Waals surface area contributed by atoms with E-state index in [2.05, 4.69) is 20.3 Å². The number of hydrogen-bond acceptors (Lipinski definition) is 8. The summed E-state index contributed by atoms with van der Waals surface area (Å²) in [6.07, 6.45) is 5.26. The fourth-order valence-electron chi connectivity index (χ4n) is 3.04. The molecule has 0 aliphatic rings. The van der Waals surface area contributed by atoms with Crippen molar-refractivity contribution in [2.75, 3.05) is 45.3 Å². The number of anilines is 2. The molecule has 0 aliphatic heterocycles. The van der Waals surface area contributed by atoms with Crippen molar-refractivity contribution in [2.24, 2.45) is 0 Å². The van der Waals surface area contributed by atoms with Crippen LogP contribution in [0.3, 0.4) is 0 Å². The van der Waals surface area contributed by atoms with Crippen LogP contribution in [0.4, 0.5) is 11.5 Å². The van der Waals surface area contributed by atoms with Crippen molar-refractivity contribution >= 4 is 27.4 Å². The molecule has 3 rings (SSSR count). The molecule has 0 fully saturated rings. The standard InChI is InChI=1S/C22H27N7O3S/c1-28(2)12-5-13-29(3)33(31,32)18-9-7-16(8-10-18)19-15-25-21(23)20(27-19)22(30)26-17-6-4-11-24-14-17/h4,6-11,14-15H,5,12-13H2,1-3H3,(H2,23,25)(H,26,30). The fourth-order valence-corrected chi connectivity index (χ4v) is 4.25. The Morgan fingerprint density at radius 2 is 1.79 bits per heavy atom. The number of nitrogens with zero attached hydrogens (tertiary/aromatic N) is 5. The van der Waals surface area contributed by atoms with Crippen molar-refractivity contribution in [1.82, 2.24) is 24.2 Å². The highest BCUT2D eigenvalue weighted by Gasteiger charge is 2.21. The summed E-state index contributed by atoms with van der Waals surface area (Å²) in [5, 5.41) is 2.67. The van der Waals surface area contributed by atoms with E-state index in [-0.39, 0.29) is 16.4 Å². The molecular weight excluding hydrogens is 442 g/mol. The molecule has 0 saturated carbocycles. The molecule has 2 aromatic heterocycles. The summed E-state index contributed by atoms with van der Waals surface area (Å²) in [6.45, 7) is 1.21. The van der Waals surface area contributed by atoms with E-state index in [1.54, 1.807) is 37.5 Å². The molecule has 174 valence electrons. The van der Waals surface area contributed by atoms with Gasteiger partial charge in [-0.25, -0.2) is 22.7 Å². The predicted octanol–water partition coefficient (Wildman–Crippen LogP) is 1.95. The van der Waals surface area contributed by atoms with Crippen LogP contribution in [-0.4, -0.2) is 72.7 Å². The molecule has 2 heterocycles. The normalized spacial score (nSPS) is 11.7. The summed E-state index contributed by atoms with van der Waals surface area (Å²) in [6, 6.07) is 9.67. The zero-order valence-corrected chi connectivity index (χ0v) is 19.6. The van der Waals surface area contributed by atoms with Crippen LogP contribution in [0, 0.1) is 0 Å². The number of aromatic nitrogens is 3. The first-order valence-electron chi connectivity index (χ1n) is 10.2. The minimum atomic E-state index is -3.61. The maximum absolute atomic E-state index is 12.8. The van der Waals surface area contributed by atoms with Gasteiger partial charge in [-0.2, -0.15) is 0 Å². The van der Waals surface area contributed by atoms with Crippen LogP contribution in [-0.2, 0) is 10.0 Å². The Morgan fingerprint density at radius 1 is 1.06 bits per heavy atom. The average Bonchev–Trinajstić information content (AvgIpc) is 2.79. The van der Waals surface area contributed by atoms with Gasteiger partial charge < -0.3 is 16.0 Å². The molecule has 1 amide bonds.